The van der Waals surface area contributed by atoms with E-state index in [1.54, 1.807) is 12.1 Å². The normalized spacial score (nSPS) is 22.2. The maximum atomic E-state index is 14.0. The van der Waals surface area contributed by atoms with Crippen LogP contribution in [0.5, 0.6) is 0 Å². The van der Waals surface area contributed by atoms with Crippen LogP contribution >= 0.6 is 24.8 Å². The largest absolute Gasteiger partial charge is 0.351 e. The topological polar surface area (TPSA) is 93.8 Å². The average Bonchev–Trinajstić information content (AvgIpc) is 2.93. The summed E-state index contributed by atoms with van der Waals surface area (Å²) in [4.78, 5) is 44.8. The summed E-state index contributed by atoms with van der Waals surface area (Å²) in [5, 5.41) is 9.54. The first-order valence-electron chi connectivity index (χ1n) is 15.1. The fourth-order valence-corrected chi connectivity index (χ4v) is 6.71. The first-order valence-corrected chi connectivity index (χ1v) is 15.1. The average molecular weight is 631 g/mol. The minimum atomic E-state index is -0.765. The summed E-state index contributed by atoms with van der Waals surface area (Å²) in [5.74, 6) is -0.229. The number of benzene rings is 1. The highest BCUT2D eigenvalue weighted by Gasteiger charge is 2.49. The summed E-state index contributed by atoms with van der Waals surface area (Å²) in [6.07, 6.45) is 7.14. The number of likely N-dealkylation sites (N-methyl/N-ethyl adjacent to an activating group) is 1. The van der Waals surface area contributed by atoms with Crippen LogP contribution in [0.2, 0.25) is 0 Å². The first-order chi connectivity index (χ1) is 19.0. The van der Waals surface area contributed by atoms with E-state index in [1.165, 1.54) is 18.6 Å². The van der Waals surface area contributed by atoms with Crippen LogP contribution in [0.4, 0.5) is 4.39 Å². The molecule has 1 saturated carbocycles. The molecule has 0 spiro atoms. The van der Waals surface area contributed by atoms with Crippen LogP contribution < -0.4 is 16.0 Å². The van der Waals surface area contributed by atoms with Crippen molar-refractivity contribution in [3.05, 3.63) is 35.6 Å². The second-order valence-corrected chi connectivity index (χ2v) is 13.1. The molecule has 0 bridgehead atoms. The molecule has 1 aromatic carbocycles. The third-order valence-corrected chi connectivity index (χ3v) is 9.08. The minimum Gasteiger partial charge on any atom is -0.351 e. The summed E-state index contributed by atoms with van der Waals surface area (Å²) >= 11 is 0. The van der Waals surface area contributed by atoms with Crippen LogP contribution in [0.3, 0.4) is 0 Å². The predicted octanol–water partition coefficient (Wildman–Crippen LogP) is 3.70. The van der Waals surface area contributed by atoms with E-state index in [4.69, 9.17) is 0 Å². The van der Waals surface area contributed by atoms with Crippen LogP contribution in [0.1, 0.15) is 71.3 Å². The zero-order chi connectivity index (χ0) is 28.9. The van der Waals surface area contributed by atoms with Crippen molar-refractivity contribution < 1.29 is 18.8 Å². The SMILES string of the molecule is CN1CCNC[C@H]1C(=O)N[C@H](Cc1ccc(F)cc1)C(=O)N1CCC(C(=O)NC(C)(C)C)(C2CCCCC2)CC1.Cl.Cl. The van der Waals surface area contributed by atoms with E-state index in [-0.39, 0.29) is 66.4 Å². The molecule has 0 unspecified atom stereocenters. The number of carbonyl (C=O) groups excluding carboxylic acids is 3. The van der Waals surface area contributed by atoms with Gasteiger partial charge in [-0.1, -0.05) is 31.4 Å². The van der Waals surface area contributed by atoms with Crippen LogP contribution in [0.15, 0.2) is 24.3 Å². The number of hydrogen-bond donors (Lipinski definition) is 3. The van der Waals surface area contributed by atoms with E-state index >= 15 is 0 Å². The van der Waals surface area contributed by atoms with Crippen LogP contribution in [0.25, 0.3) is 0 Å². The number of piperidine rings is 1. The van der Waals surface area contributed by atoms with Gasteiger partial charge in [-0.2, -0.15) is 0 Å². The fourth-order valence-electron chi connectivity index (χ4n) is 6.71. The van der Waals surface area contributed by atoms with Gasteiger partial charge in [0.05, 0.1) is 5.41 Å². The quantitative estimate of drug-likeness (QED) is 0.428. The molecule has 3 fully saturated rings. The number of nitrogens with one attached hydrogen (secondary N) is 3. The Morgan fingerprint density at radius 3 is 2.21 bits per heavy atom. The van der Waals surface area contributed by atoms with Gasteiger partial charge in [0, 0.05) is 44.7 Å². The lowest BCUT2D eigenvalue weighted by Gasteiger charge is -2.48. The molecule has 2 atom stereocenters. The first kappa shape index (κ1) is 36.3. The number of hydrogen-bond acceptors (Lipinski definition) is 5. The molecule has 2 aliphatic heterocycles. The Balaban J connectivity index is 0.00000308. The van der Waals surface area contributed by atoms with E-state index in [9.17, 15) is 18.8 Å². The van der Waals surface area contributed by atoms with E-state index in [0.29, 0.717) is 38.4 Å². The number of nitrogens with zero attached hydrogens (tertiary/aromatic N) is 2. The zero-order valence-corrected chi connectivity index (χ0v) is 27.2. The zero-order valence-electron chi connectivity index (χ0n) is 25.5. The summed E-state index contributed by atoms with van der Waals surface area (Å²) < 4.78 is 13.6. The van der Waals surface area contributed by atoms with Gasteiger partial charge in [0.2, 0.25) is 17.7 Å². The molecule has 3 aliphatic rings. The number of carbonyl (C=O) groups is 3. The van der Waals surface area contributed by atoms with Crippen molar-refractivity contribution in [1.29, 1.82) is 0 Å². The van der Waals surface area contributed by atoms with Gasteiger partial charge in [-0.15, -0.1) is 24.8 Å². The lowest BCUT2D eigenvalue weighted by molar-refractivity contribution is -0.147. The molecule has 2 heterocycles. The number of rotatable bonds is 7. The molecule has 11 heteroatoms. The van der Waals surface area contributed by atoms with Crippen LogP contribution in [-0.2, 0) is 20.8 Å². The second-order valence-electron chi connectivity index (χ2n) is 13.1. The Morgan fingerprint density at radius 2 is 1.64 bits per heavy atom. The van der Waals surface area contributed by atoms with Crippen molar-refractivity contribution in [3.8, 4) is 0 Å². The third kappa shape index (κ3) is 9.04. The summed E-state index contributed by atoms with van der Waals surface area (Å²) in [6.45, 7) is 9.09. The van der Waals surface area contributed by atoms with Crippen molar-refractivity contribution in [3.63, 3.8) is 0 Å². The van der Waals surface area contributed by atoms with Gasteiger partial charge in [-0.3, -0.25) is 19.3 Å². The maximum Gasteiger partial charge on any atom is 0.245 e. The number of amides is 3. The maximum absolute atomic E-state index is 14.0. The Bertz CT molecular complexity index is 1040. The Kier molecular flexibility index (Phi) is 13.5. The number of likely N-dealkylation sites (tertiary alicyclic amines) is 1. The van der Waals surface area contributed by atoms with Gasteiger partial charge in [0.15, 0.2) is 0 Å². The molecule has 4 rings (SSSR count). The number of piperazine rings is 1. The molecule has 3 N–H and O–H groups in total. The van der Waals surface area contributed by atoms with E-state index in [2.05, 4.69) is 16.0 Å². The van der Waals surface area contributed by atoms with Gasteiger partial charge in [-0.25, -0.2) is 4.39 Å². The summed E-state index contributed by atoms with van der Waals surface area (Å²) in [5.41, 5.74) is -0.0121. The van der Waals surface area contributed by atoms with Crippen LogP contribution in [0, 0.1) is 17.2 Å². The second kappa shape index (κ2) is 15.7. The van der Waals surface area contributed by atoms with E-state index in [1.807, 2.05) is 37.6 Å². The minimum absolute atomic E-state index is 0. The van der Waals surface area contributed by atoms with Gasteiger partial charge >= 0.3 is 0 Å². The molecule has 2 saturated heterocycles. The Labute approximate surface area is 263 Å². The lowest BCUT2D eigenvalue weighted by atomic mass is 9.63. The molecule has 1 aliphatic carbocycles. The van der Waals surface area contributed by atoms with Crippen LogP contribution in [-0.4, -0.2) is 84.9 Å². The lowest BCUT2D eigenvalue weighted by Crippen LogP contribution is -2.61. The van der Waals surface area contributed by atoms with Crippen molar-refractivity contribution in [1.82, 2.24) is 25.8 Å². The van der Waals surface area contributed by atoms with Crippen molar-refractivity contribution >= 4 is 42.5 Å². The van der Waals surface area contributed by atoms with Gasteiger partial charge in [0.25, 0.3) is 0 Å². The van der Waals surface area contributed by atoms with E-state index < -0.39 is 11.5 Å². The van der Waals surface area contributed by atoms with E-state index in [0.717, 1.165) is 44.3 Å². The van der Waals surface area contributed by atoms with Crippen molar-refractivity contribution in [2.24, 2.45) is 11.3 Å². The Morgan fingerprint density at radius 1 is 1.02 bits per heavy atom. The molecule has 42 heavy (non-hydrogen) atoms. The fraction of sp³-hybridized carbons (Fsp3) is 0.710. The molecule has 1 aromatic rings. The highest BCUT2D eigenvalue weighted by atomic mass is 35.5. The molecule has 238 valence electrons. The smallest absolute Gasteiger partial charge is 0.245 e. The monoisotopic (exact) mass is 629 g/mol. The van der Waals surface area contributed by atoms with Crippen molar-refractivity contribution in [2.45, 2.75) is 89.8 Å². The molecule has 0 aromatic heterocycles. The van der Waals surface area contributed by atoms with Gasteiger partial charge in [0.1, 0.15) is 17.9 Å². The van der Waals surface area contributed by atoms with Gasteiger partial charge < -0.3 is 20.9 Å². The van der Waals surface area contributed by atoms with Crippen molar-refractivity contribution in [2.75, 3.05) is 39.8 Å². The highest BCUT2D eigenvalue weighted by Crippen LogP contribution is 2.46. The standard InChI is InChI=1S/C31H48FN5O3.2ClH/c1-30(2,3)35-29(40)31(23-8-6-5-7-9-23)14-17-37(18-15-31)28(39)25(20-22-10-12-24(32)13-11-22)34-27(38)26-21-33-16-19-36(26)4;;/h10-13,23,25-26,33H,5-9,14-21H2,1-4H3,(H,34,38)(H,35,40);2*1H/t25-,26+;;/m1../s1. The number of halogens is 3. The van der Waals surface area contributed by atoms with Gasteiger partial charge in [-0.05, 0) is 77.1 Å². The molecular weight excluding hydrogens is 580 g/mol. The summed E-state index contributed by atoms with van der Waals surface area (Å²) in [7, 11) is 1.92. The molecule has 3 amide bonds. The third-order valence-electron chi connectivity index (χ3n) is 9.08. The highest BCUT2D eigenvalue weighted by molar-refractivity contribution is 5.91. The molecule has 8 nitrogen and oxygen atoms in total. The predicted molar refractivity (Wildman–Crippen MR) is 169 cm³/mol. The summed E-state index contributed by atoms with van der Waals surface area (Å²) in [6, 6.07) is 4.96. The molecular formula is C31H50Cl2FN5O3. The Hall–Kier alpha value is -1.94. The molecule has 0 radical (unpaired) electrons.